The molecule has 7 aromatic carbocycles. The molecule has 48 heavy (non-hydrogen) atoms. The van der Waals surface area contributed by atoms with Crippen LogP contribution in [0.4, 0.5) is 0 Å². The minimum atomic E-state index is -0.0923. The maximum Gasteiger partial charge on any atom is 0.0159 e. The Bertz CT molecular complexity index is 2400. The van der Waals surface area contributed by atoms with Crippen molar-refractivity contribution in [3.8, 4) is 33.4 Å². The Morgan fingerprint density at radius 2 is 0.979 bits per heavy atom. The summed E-state index contributed by atoms with van der Waals surface area (Å²) in [6.45, 7) is 10.0. The maximum absolute atomic E-state index is 2.68. The van der Waals surface area contributed by atoms with Crippen LogP contribution in [0.5, 0.6) is 0 Å². The zero-order valence-electron chi connectivity index (χ0n) is 28.5. The topological polar surface area (TPSA) is 0 Å². The van der Waals surface area contributed by atoms with Gasteiger partial charge < -0.3 is 0 Å². The summed E-state index contributed by atoms with van der Waals surface area (Å²) >= 11 is 0. The lowest BCUT2D eigenvalue weighted by Gasteiger charge is -2.34. The highest BCUT2D eigenvalue weighted by molar-refractivity contribution is 6.24. The summed E-state index contributed by atoms with van der Waals surface area (Å²) in [5.41, 5.74) is 14.6. The minimum absolute atomic E-state index is 0.0923. The summed E-state index contributed by atoms with van der Waals surface area (Å²) in [5, 5.41) is 7.98. The van der Waals surface area contributed by atoms with E-state index in [0.717, 1.165) is 5.92 Å². The first-order valence-electron chi connectivity index (χ1n) is 18.1. The quantitative estimate of drug-likeness (QED) is 0.169. The van der Waals surface area contributed by atoms with E-state index >= 15 is 0 Å². The van der Waals surface area contributed by atoms with Crippen molar-refractivity contribution in [1.82, 2.24) is 0 Å². The van der Waals surface area contributed by atoms with Crippen molar-refractivity contribution in [3.05, 3.63) is 144 Å². The van der Waals surface area contributed by atoms with Gasteiger partial charge >= 0.3 is 0 Å². The van der Waals surface area contributed by atoms with Crippen molar-refractivity contribution in [2.24, 2.45) is 5.92 Å². The van der Waals surface area contributed by atoms with E-state index in [0.29, 0.717) is 5.92 Å². The zero-order valence-corrected chi connectivity index (χ0v) is 28.5. The molecule has 0 saturated heterocycles. The molecule has 2 atom stereocenters. The van der Waals surface area contributed by atoms with Crippen molar-refractivity contribution < 1.29 is 0 Å². The second kappa shape index (κ2) is 9.93. The first kappa shape index (κ1) is 28.3. The van der Waals surface area contributed by atoms with Gasteiger partial charge in [-0.1, -0.05) is 150 Å². The van der Waals surface area contributed by atoms with Crippen LogP contribution in [0.15, 0.2) is 121 Å². The van der Waals surface area contributed by atoms with E-state index in [1.807, 2.05) is 0 Å². The molecular formula is C48H42. The summed E-state index contributed by atoms with van der Waals surface area (Å²) in [7, 11) is 0. The molecule has 0 radical (unpaired) electrons. The fourth-order valence-corrected chi connectivity index (χ4v) is 10.6. The molecule has 1 saturated carbocycles. The standard InChI is InChI=1S/C48H42/c1-47(2)40-25-15-14-19-31(40)37-26-42-39(28-41(37)47)46-32-20-9-8-18-30(32)38(27-43(46)48(42,3)4)45-35-23-12-10-21-33(35)44(29-16-6-5-7-17-29)34-22-11-13-24-36(34)45/h5-13,16-18,20-24,26-28,31,40H,14-15,19,25H2,1-4H3. The second-order valence-electron chi connectivity index (χ2n) is 15.9. The lowest BCUT2D eigenvalue weighted by molar-refractivity contribution is 0.233. The van der Waals surface area contributed by atoms with Gasteiger partial charge in [-0.2, -0.15) is 0 Å². The van der Waals surface area contributed by atoms with Crippen LogP contribution in [0, 0.1) is 5.92 Å². The first-order valence-corrected chi connectivity index (χ1v) is 18.1. The van der Waals surface area contributed by atoms with Crippen molar-refractivity contribution in [2.45, 2.75) is 70.1 Å². The highest BCUT2D eigenvalue weighted by Crippen LogP contribution is 2.61. The molecule has 0 N–H and O–H groups in total. The van der Waals surface area contributed by atoms with Crippen molar-refractivity contribution in [1.29, 1.82) is 0 Å². The number of benzene rings is 7. The second-order valence-corrected chi connectivity index (χ2v) is 15.9. The summed E-state index contributed by atoms with van der Waals surface area (Å²) in [5.74, 6) is 1.48. The van der Waals surface area contributed by atoms with E-state index in [-0.39, 0.29) is 10.8 Å². The van der Waals surface area contributed by atoms with Gasteiger partial charge in [0.25, 0.3) is 0 Å². The molecule has 234 valence electrons. The lowest BCUT2D eigenvalue weighted by Crippen LogP contribution is -2.28. The predicted octanol–water partition coefficient (Wildman–Crippen LogP) is 13.4. The Kier molecular flexibility index (Phi) is 5.86. The van der Waals surface area contributed by atoms with Crippen molar-refractivity contribution >= 4 is 32.3 Å². The van der Waals surface area contributed by atoms with Gasteiger partial charge in [-0.3, -0.25) is 0 Å². The molecule has 3 aliphatic carbocycles. The molecule has 3 aliphatic rings. The monoisotopic (exact) mass is 618 g/mol. The molecular weight excluding hydrogens is 577 g/mol. The molecule has 10 rings (SSSR count). The van der Waals surface area contributed by atoms with Gasteiger partial charge in [0.1, 0.15) is 0 Å². The van der Waals surface area contributed by atoms with Crippen LogP contribution in [0.2, 0.25) is 0 Å². The molecule has 0 nitrogen and oxygen atoms in total. The summed E-state index contributed by atoms with van der Waals surface area (Å²) in [4.78, 5) is 0. The molecule has 0 spiro atoms. The average Bonchev–Trinajstić information content (AvgIpc) is 3.49. The maximum atomic E-state index is 2.68. The van der Waals surface area contributed by atoms with E-state index in [1.54, 1.807) is 11.1 Å². The number of hydrogen-bond donors (Lipinski definition) is 0. The highest BCUT2D eigenvalue weighted by atomic mass is 14.5. The van der Waals surface area contributed by atoms with Gasteiger partial charge in [0.2, 0.25) is 0 Å². The smallest absolute Gasteiger partial charge is 0.0159 e. The molecule has 1 fully saturated rings. The molecule has 7 aromatic rings. The highest BCUT2D eigenvalue weighted by Gasteiger charge is 2.49. The molecule has 0 heterocycles. The molecule has 2 unspecified atom stereocenters. The van der Waals surface area contributed by atoms with Gasteiger partial charge in [0.15, 0.2) is 0 Å². The predicted molar refractivity (Wildman–Crippen MR) is 205 cm³/mol. The Morgan fingerprint density at radius 3 is 1.62 bits per heavy atom. The average molecular weight is 619 g/mol. The van der Waals surface area contributed by atoms with Crippen molar-refractivity contribution in [2.75, 3.05) is 0 Å². The van der Waals surface area contributed by atoms with Gasteiger partial charge in [-0.05, 0) is 130 Å². The molecule has 0 heteroatoms. The normalized spacial score (nSPS) is 20.1. The Labute approximate surface area is 284 Å². The molecule has 0 aromatic heterocycles. The Balaban J connectivity index is 1.29. The van der Waals surface area contributed by atoms with Crippen LogP contribution < -0.4 is 0 Å². The van der Waals surface area contributed by atoms with Crippen molar-refractivity contribution in [3.63, 3.8) is 0 Å². The van der Waals surface area contributed by atoms with E-state index in [9.17, 15) is 0 Å². The number of hydrogen-bond acceptors (Lipinski definition) is 0. The molecule has 0 amide bonds. The minimum Gasteiger partial charge on any atom is -0.0622 e. The molecule has 0 aliphatic heterocycles. The summed E-state index contributed by atoms with van der Waals surface area (Å²) < 4.78 is 0. The van der Waals surface area contributed by atoms with Crippen LogP contribution in [0.3, 0.4) is 0 Å². The fraction of sp³-hybridized carbons (Fsp3) is 0.250. The molecule has 0 bridgehead atoms. The van der Waals surface area contributed by atoms with Gasteiger partial charge in [0, 0.05) is 5.41 Å². The fourth-order valence-electron chi connectivity index (χ4n) is 10.6. The zero-order chi connectivity index (χ0) is 32.4. The van der Waals surface area contributed by atoms with Crippen LogP contribution in [-0.2, 0) is 10.8 Å². The van der Waals surface area contributed by atoms with Crippen LogP contribution in [0.25, 0.3) is 65.7 Å². The van der Waals surface area contributed by atoms with E-state index < -0.39 is 0 Å². The Hall–Kier alpha value is -4.68. The van der Waals surface area contributed by atoms with E-state index in [1.165, 1.54) is 103 Å². The van der Waals surface area contributed by atoms with E-state index in [2.05, 4.69) is 149 Å². The summed E-state index contributed by atoms with van der Waals surface area (Å²) in [6, 6.07) is 46.3. The van der Waals surface area contributed by atoms with E-state index in [4.69, 9.17) is 0 Å². The third-order valence-electron chi connectivity index (χ3n) is 12.9. The van der Waals surface area contributed by atoms with Gasteiger partial charge in [-0.15, -0.1) is 0 Å². The van der Waals surface area contributed by atoms with Gasteiger partial charge in [-0.25, -0.2) is 0 Å². The SMILES string of the molecule is CC1(C)c2cc3c(cc2-c2c1cc(-c1c4ccccc4c(-c4ccccc4)c4ccccc14)c1ccccc21)C(C)(C)C1CCCCC31. The third kappa shape index (κ3) is 3.67. The summed E-state index contributed by atoms with van der Waals surface area (Å²) in [6.07, 6.45) is 5.47. The number of fused-ring (bicyclic) bond motifs is 10. The Morgan fingerprint density at radius 1 is 0.458 bits per heavy atom. The van der Waals surface area contributed by atoms with Crippen LogP contribution in [-0.4, -0.2) is 0 Å². The number of rotatable bonds is 2. The van der Waals surface area contributed by atoms with Crippen LogP contribution in [0.1, 0.15) is 81.5 Å². The van der Waals surface area contributed by atoms with Crippen LogP contribution >= 0.6 is 0 Å². The third-order valence-corrected chi connectivity index (χ3v) is 12.9. The van der Waals surface area contributed by atoms with Gasteiger partial charge in [0.05, 0.1) is 0 Å². The largest absolute Gasteiger partial charge is 0.0622 e. The lowest BCUT2D eigenvalue weighted by atomic mass is 9.69. The first-order chi connectivity index (χ1) is 23.4.